The van der Waals surface area contributed by atoms with E-state index in [-0.39, 0.29) is 5.91 Å². The lowest BCUT2D eigenvalue weighted by atomic mass is 10.1. The summed E-state index contributed by atoms with van der Waals surface area (Å²) in [4.78, 5) is 17.7. The van der Waals surface area contributed by atoms with Gasteiger partial charge in [-0.3, -0.25) is 14.4 Å². The zero-order chi connectivity index (χ0) is 23.7. The van der Waals surface area contributed by atoms with Gasteiger partial charge in [-0.25, -0.2) is 0 Å². The van der Waals surface area contributed by atoms with Crippen LogP contribution in [0.3, 0.4) is 0 Å². The summed E-state index contributed by atoms with van der Waals surface area (Å²) < 4.78 is 4.32. The number of nitrogens with zero attached hydrogens (tertiary/aromatic N) is 5. The van der Waals surface area contributed by atoms with Gasteiger partial charge in [-0.2, -0.15) is 5.10 Å². The number of amides is 1. The highest BCUT2D eigenvalue weighted by atomic mass is 16.2. The Morgan fingerprint density at radius 3 is 2.41 bits per heavy atom. The van der Waals surface area contributed by atoms with Crippen molar-refractivity contribution in [2.75, 3.05) is 26.2 Å². The van der Waals surface area contributed by atoms with Crippen LogP contribution in [0.5, 0.6) is 0 Å². The summed E-state index contributed by atoms with van der Waals surface area (Å²) in [5.41, 5.74) is 6.99. The Labute approximate surface area is 201 Å². The molecular formula is C28H33N5O. The van der Waals surface area contributed by atoms with E-state index in [1.54, 1.807) is 0 Å². The largest absolute Gasteiger partial charge is 0.340 e. The fraction of sp³-hybridized carbons (Fsp3) is 0.357. The number of benzene rings is 2. The van der Waals surface area contributed by atoms with Gasteiger partial charge >= 0.3 is 0 Å². The molecule has 0 N–H and O–H groups in total. The van der Waals surface area contributed by atoms with E-state index in [4.69, 9.17) is 0 Å². The second-order valence-corrected chi connectivity index (χ2v) is 9.29. The maximum atomic E-state index is 13.3. The number of piperazine rings is 1. The normalized spacial score (nSPS) is 14.7. The van der Waals surface area contributed by atoms with E-state index in [0.29, 0.717) is 0 Å². The Kier molecular flexibility index (Phi) is 6.24. The molecule has 0 spiro atoms. The Morgan fingerprint density at radius 2 is 1.71 bits per heavy atom. The third kappa shape index (κ3) is 4.38. The summed E-state index contributed by atoms with van der Waals surface area (Å²) in [5.74, 6) is 0.133. The van der Waals surface area contributed by atoms with Crippen molar-refractivity contribution in [1.82, 2.24) is 24.1 Å². The van der Waals surface area contributed by atoms with Gasteiger partial charge in [0.25, 0.3) is 5.91 Å². The second-order valence-electron chi connectivity index (χ2n) is 9.29. The quantitative estimate of drug-likeness (QED) is 0.431. The maximum Gasteiger partial charge on any atom is 0.253 e. The maximum absolute atomic E-state index is 13.3. The molecule has 0 bridgehead atoms. The van der Waals surface area contributed by atoms with E-state index in [9.17, 15) is 4.79 Å². The first kappa shape index (κ1) is 22.4. The van der Waals surface area contributed by atoms with Crippen molar-refractivity contribution in [3.8, 4) is 0 Å². The number of aryl methyl sites for hydroxylation is 2. The van der Waals surface area contributed by atoms with Gasteiger partial charge in [-0.05, 0) is 50.1 Å². The van der Waals surface area contributed by atoms with Crippen molar-refractivity contribution in [2.45, 2.75) is 40.4 Å². The van der Waals surface area contributed by atoms with E-state index in [0.717, 1.165) is 51.4 Å². The zero-order valence-electron chi connectivity index (χ0n) is 20.4. The number of rotatable bonds is 6. The highest BCUT2D eigenvalue weighted by Crippen LogP contribution is 2.28. The van der Waals surface area contributed by atoms with Crippen molar-refractivity contribution >= 4 is 16.8 Å². The van der Waals surface area contributed by atoms with Crippen LogP contribution in [0.2, 0.25) is 0 Å². The molecule has 2 aromatic carbocycles. The molecule has 1 aliphatic heterocycles. The number of hydrogen-bond donors (Lipinski definition) is 0. The SMILES string of the molecule is CCn1cc(CN2CCN(C(=O)c3ccc4c(c3)c(C)c(C)n4Cc3ccccc3)CC2)cn1. The average molecular weight is 456 g/mol. The molecular weight excluding hydrogens is 422 g/mol. The Morgan fingerprint density at radius 1 is 0.941 bits per heavy atom. The van der Waals surface area contributed by atoms with Crippen LogP contribution >= 0.6 is 0 Å². The lowest BCUT2D eigenvalue weighted by Crippen LogP contribution is -2.48. The van der Waals surface area contributed by atoms with Crippen LogP contribution in [-0.4, -0.2) is 56.2 Å². The topological polar surface area (TPSA) is 46.3 Å². The van der Waals surface area contributed by atoms with Crippen LogP contribution in [0.15, 0.2) is 60.9 Å². The van der Waals surface area contributed by atoms with Crippen LogP contribution < -0.4 is 0 Å². The van der Waals surface area contributed by atoms with Gasteiger partial charge < -0.3 is 9.47 Å². The highest BCUT2D eigenvalue weighted by molar-refractivity contribution is 5.99. The molecule has 0 atom stereocenters. The van der Waals surface area contributed by atoms with E-state index < -0.39 is 0 Å². The molecule has 5 rings (SSSR count). The minimum atomic E-state index is 0.133. The Hall–Kier alpha value is -3.38. The lowest BCUT2D eigenvalue weighted by molar-refractivity contribution is 0.0628. The molecule has 2 aromatic heterocycles. The number of hydrogen-bond acceptors (Lipinski definition) is 3. The van der Waals surface area contributed by atoms with Crippen LogP contribution in [0.25, 0.3) is 10.9 Å². The molecule has 4 aromatic rings. The van der Waals surface area contributed by atoms with Crippen molar-refractivity contribution in [1.29, 1.82) is 0 Å². The Bertz CT molecular complexity index is 1300. The van der Waals surface area contributed by atoms with Gasteiger partial charge in [0.1, 0.15) is 0 Å². The molecule has 176 valence electrons. The van der Waals surface area contributed by atoms with E-state index >= 15 is 0 Å². The van der Waals surface area contributed by atoms with Crippen LogP contribution in [0.4, 0.5) is 0 Å². The molecule has 1 fully saturated rings. The molecule has 6 heteroatoms. The van der Waals surface area contributed by atoms with Crippen LogP contribution in [0.1, 0.15) is 39.7 Å². The number of carbonyl (C=O) groups excluding carboxylic acids is 1. The van der Waals surface area contributed by atoms with Gasteiger partial charge in [-0.15, -0.1) is 0 Å². The van der Waals surface area contributed by atoms with Crippen LogP contribution in [-0.2, 0) is 19.6 Å². The predicted octanol–water partition coefficient (Wildman–Crippen LogP) is 4.48. The monoisotopic (exact) mass is 455 g/mol. The minimum Gasteiger partial charge on any atom is -0.340 e. The summed E-state index contributed by atoms with van der Waals surface area (Å²) in [5, 5.41) is 5.54. The second kappa shape index (κ2) is 9.47. The molecule has 6 nitrogen and oxygen atoms in total. The van der Waals surface area contributed by atoms with Gasteiger partial charge in [-0.1, -0.05) is 30.3 Å². The predicted molar refractivity (Wildman–Crippen MR) is 136 cm³/mol. The average Bonchev–Trinajstić information content (AvgIpc) is 3.42. The zero-order valence-corrected chi connectivity index (χ0v) is 20.4. The first-order valence-electron chi connectivity index (χ1n) is 12.2. The van der Waals surface area contributed by atoms with Gasteiger partial charge in [0, 0.05) is 79.7 Å². The molecule has 0 saturated carbocycles. The third-order valence-electron chi connectivity index (χ3n) is 7.15. The fourth-order valence-corrected chi connectivity index (χ4v) is 4.96. The molecule has 1 saturated heterocycles. The minimum absolute atomic E-state index is 0.133. The summed E-state index contributed by atoms with van der Waals surface area (Å²) in [6, 6.07) is 16.7. The Balaban J connectivity index is 1.29. The fourth-order valence-electron chi connectivity index (χ4n) is 4.96. The number of carbonyl (C=O) groups is 1. The van der Waals surface area contributed by atoms with E-state index in [1.165, 1.54) is 33.3 Å². The van der Waals surface area contributed by atoms with Gasteiger partial charge in [0.2, 0.25) is 0 Å². The van der Waals surface area contributed by atoms with E-state index in [1.807, 2.05) is 27.9 Å². The molecule has 3 heterocycles. The summed E-state index contributed by atoms with van der Waals surface area (Å²) in [7, 11) is 0. The molecule has 34 heavy (non-hydrogen) atoms. The number of aromatic nitrogens is 3. The first-order valence-corrected chi connectivity index (χ1v) is 12.2. The van der Waals surface area contributed by atoms with Gasteiger partial charge in [0.05, 0.1) is 6.20 Å². The van der Waals surface area contributed by atoms with Crippen LogP contribution in [0, 0.1) is 13.8 Å². The standard InChI is InChI=1S/C28H33N5O/c1-4-32-19-24(17-29-32)18-30-12-14-31(15-13-30)28(34)25-10-11-27-26(16-25)21(2)22(3)33(27)20-23-8-6-5-7-9-23/h5-11,16-17,19H,4,12-15,18,20H2,1-3H3. The molecule has 1 aliphatic rings. The third-order valence-corrected chi connectivity index (χ3v) is 7.15. The molecule has 1 amide bonds. The molecule has 0 unspecified atom stereocenters. The summed E-state index contributed by atoms with van der Waals surface area (Å²) in [6.45, 7) is 12.3. The first-order chi connectivity index (χ1) is 16.5. The molecule has 0 aliphatic carbocycles. The molecule has 0 radical (unpaired) electrons. The van der Waals surface area contributed by atoms with Gasteiger partial charge in [0.15, 0.2) is 0 Å². The van der Waals surface area contributed by atoms with Crippen molar-refractivity contribution in [3.63, 3.8) is 0 Å². The lowest BCUT2D eigenvalue weighted by Gasteiger charge is -2.34. The van der Waals surface area contributed by atoms with Crippen molar-refractivity contribution in [3.05, 3.63) is 88.9 Å². The van der Waals surface area contributed by atoms with Crippen molar-refractivity contribution < 1.29 is 4.79 Å². The number of fused-ring (bicyclic) bond motifs is 1. The smallest absolute Gasteiger partial charge is 0.253 e. The van der Waals surface area contributed by atoms with Crippen molar-refractivity contribution in [2.24, 2.45) is 0 Å². The van der Waals surface area contributed by atoms with E-state index in [2.05, 4.69) is 77.9 Å². The summed E-state index contributed by atoms with van der Waals surface area (Å²) in [6.07, 6.45) is 4.06. The highest BCUT2D eigenvalue weighted by Gasteiger charge is 2.23. The summed E-state index contributed by atoms with van der Waals surface area (Å²) >= 11 is 0.